The molecule has 122 valence electrons. The lowest BCUT2D eigenvalue weighted by atomic mass is 10.1. The summed E-state index contributed by atoms with van der Waals surface area (Å²) >= 11 is 5.13. The Morgan fingerprint density at radius 3 is 2.39 bits per heavy atom. The molecule has 1 heterocycles. The summed E-state index contributed by atoms with van der Waals surface area (Å²) in [7, 11) is 0. The van der Waals surface area contributed by atoms with Crippen molar-refractivity contribution in [3.8, 4) is 0 Å². The highest BCUT2D eigenvalue weighted by Gasteiger charge is 2.11. The van der Waals surface area contributed by atoms with Crippen LogP contribution in [-0.4, -0.2) is 29.7 Å². The van der Waals surface area contributed by atoms with E-state index >= 15 is 0 Å². The molecule has 6 heteroatoms. The molecule has 1 aromatic heterocycles. The van der Waals surface area contributed by atoms with E-state index in [0.717, 1.165) is 16.9 Å². The van der Waals surface area contributed by atoms with Gasteiger partial charge in [0.25, 0.3) is 0 Å². The molecule has 0 unspecified atom stereocenters. The molecule has 2 rings (SSSR count). The molecule has 0 aliphatic carbocycles. The first kappa shape index (κ1) is 17.8. The Balaban J connectivity index is 1.90. The van der Waals surface area contributed by atoms with Crippen LogP contribution >= 0.6 is 27.3 Å². The van der Waals surface area contributed by atoms with Crippen LogP contribution < -0.4 is 5.32 Å². The zero-order chi connectivity index (χ0) is 16.8. The minimum Gasteiger partial charge on any atom is -0.325 e. The number of benzene rings is 1. The number of halogens is 1. The molecule has 2 aromatic rings. The molecule has 0 radical (unpaired) electrons. The molecule has 4 nitrogen and oxygen atoms in total. The minimum atomic E-state index is -0.0574. The summed E-state index contributed by atoms with van der Waals surface area (Å²) < 4.78 is 1.10. The number of ketones is 1. The van der Waals surface area contributed by atoms with Crippen LogP contribution in [0.25, 0.3) is 0 Å². The summed E-state index contributed by atoms with van der Waals surface area (Å²) in [4.78, 5) is 26.7. The van der Waals surface area contributed by atoms with Gasteiger partial charge in [-0.2, -0.15) is 0 Å². The number of hydrogen-bond acceptors (Lipinski definition) is 4. The third-order valence-corrected chi connectivity index (χ3v) is 5.01. The Morgan fingerprint density at radius 2 is 1.87 bits per heavy atom. The number of carbonyl (C=O) groups is 2. The van der Waals surface area contributed by atoms with Crippen molar-refractivity contribution in [3.63, 3.8) is 0 Å². The second-order valence-electron chi connectivity index (χ2n) is 5.19. The molecular formula is C17H19BrN2O2S. The van der Waals surface area contributed by atoms with Gasteiger partial charge >= 0.3 is 0 Å². The Morgan fingerprint density at radius 1 is 1.17 bits per heavy atom. The van der Waals surface area contributed by atoms with Gasteiger partial charge in [0.2, 0.25) is 5.91 Å². The molecule has 1 amide bonds. The van der Waals surface area contributed by atoms with E-state index in [4.69, 9.17) is 0 Å². The maximum absolute atomic E-state index is 12.2. The minimum absolute atomic E-state index is 0.0159. The highest BCUT2D eigenvalue weighted by atomic mass is 79.9. The third-order valence-electron chi connectivity index (χ3n) is 3.40. The van der Waals surface area contributed by atoms with Crippen LogP contribution in [0.4, 0.5) is 5.69 Å². The van der Waals surface area contributed by atoms with E-state index in [1.807, 2.05) is 13.0 Å². The second-order valence-corrected chi connectivity index (χ2v) is 7.74. The normalized spacial score (nSPS) is 10.8. The van der Waals surface area contributed by atoms with Crippen molar-refractivity contribution in [2.24, 2.45) is 0 Å². The van der Waals surface area contributed by atoms with E-state index in [1.165, 1.54) is 11.8 Å². The van der Waals surface area contributed by atoms with E-state index in [1.54, 1.807) is 35.6 Å². The van der Waals surface area contributed by atoms with Gasteiger partial charge in [-0.25, -0.2) is 0 Å². The molecule has 0 bridgehead atoms. The van der Waals surface area contributed by atoms with E-state index in [9.17, 15) is 9.59 Å². The molecule has 1 N–H and O–H groups in total. The van der Waals surface area contributed by atoms with Gasteiger partial charge in [-0.15, -0.1) is 11.3 Å². The van der Waals surface area contributed by atoms with E-state index < -0.39 is 0 Å². The standard InChI is InChI=1S/C17H19BrN2O2S/c1-3-20(10-15-8-9-16(18)23-15)11-17(22)19-14-6-4-13(5-7-14)12(2)21/h4-9H,3,10-11H2,1-2H3,(H,19,22). The number of rotatable bonds is 7. The Kier molecular flexibility index (Phi) is 6.50. The smallest absolute Gasteiger partial charge is 0.238 e. The SMILES string of the molecule is CCN(CC(=O)Nc1ccc(C(C)=O)cc1)Cc1ccc(Br)s1. The summed E-state index contributed by atoms with van der Waals surface area (Å²) in [6.45, 7) is 5.45. The van der Waals surface area contributed by atoms with Gasteiger partial charge in [0.05, 0.1) is 10.3 Å². The zero-order valence-electron chi connectivity index (χ0n) is 13.1. The van der Waals surface area contributed by atoms with Crippen LogP contribution in [0.1, 0.15) is 29.1 Å². The van der Waals surface area contributed by atoms with Crippen molar-refractivity contribution < 1.29 is 9.59 Å². The van der Waals surface area contributed by atoms with Gasteiger partial charge in [-0.1, -0.05) is 6.92 Å². The summed E-state index contributed by atoms with van der Waals surface area (Å²) in [6.07, 6.45) is 0. The van der Waals surface area contributed by atoms with Crippen LogP contribution in [0, 0.1) is 0 Å². The number of nitrogens with zero attached hydrogens (tertiary/aromatic N) is 1. The Labute approximate surface area is 148 Å². The highest BCUT2D eigenvalue weighted by molar-refractivity contribution is 9.11. The lowest BCUT2D eigenvalue weighted by Crippen LogP contribution is -2.32. The zero-order valence-corrected chi connectivity index (χ0v) is 15.5. The fraction of sp³-hybridized carbons (Fsp3) is 0.294. The average molecular weight is 395 g/mol. The van der Waals surface area contributed by atoms with Crippen molar-refractivity contribution in [2.75, 3.05) is 18.4 Å². The fourth-order valence-corrected chi connectivity index (χ4v) is 3.65. The maximum atomic E-state index is 12.2. The predicted molar refractivity (Wildman–Crippen MR) is 98.0 cm³/mol. The molecule has 0 spiro atoms. The lowest BCUT2D eigenvalue weighted by Gasteiger charge is -2.19. The number of amides is 1. The average Bonchev–Trinajstić information content (AvgIpc) is 2.92. The Hall–Kier alpha value is -1.50. The molecule has 0 fully saturated rings. The first-order valence-corrected chi connectivity index (χ1v) is 8.96. The number of thiophene rings is 1. The molecule has 0 aliphatic heterocycles. The summed E-state index contributed by atoms with van der Waals surface area (Å²) in [5, 5.41) is 2.87. The summed E-state index contributed by atoms with van der Waals surface area (Å²) in [5.41, 5.74) is 1.34. The number of nitrogens with one attached hydrogen (secondary N) is 1. The maximum Gasteiger partial charge on any atom is 0.238 e. The second kappa shape index (κ2) is 8.38. The summed E-state index contributed by atoms with van der Waals surface area (Å²) in [5.74, 6) is -0.0415. The molecule has 0 saturated heterocycles. The van der Waals surface area contributed by atoms with Crippen molar-refractivity contribution in [3.05, 3.63) is 50.6 Å². The van der Waals surface area contributed by atoms with Gasteiger partial charge in [0.1, 0.15) is 0 Å². The van der Waals surface area contributed by atoms with Crippen LogP contribution in [0.3, 0.4) is 0 Å². The number of carbonyl (C=O) groups excluding carboxylic acids is 2. The van der Waals surface area contributed by atoms with Gasteiger partial charge in [0.15, 0.2) is 5.78 Å². The van der Waals surface area contributed by atoms with Crippen molar-refractivity contribution in [1.29, 1.82) is 0 Å². The largest absolute Gasteiger partial charge is 0.325 e. The highest BCUT2D eigenvalue weighted by Crippen LogP contribution is 2.23. The van der Waals surface area contributed by atoms with Crippen LogP contribution in [-0.2, 0) is 11.3 Å². The third kappa shape index (κ3) is 5.57. The van der Waals surface area contributed by atoms with Crippen molar-refractivity contribution in [1.82, 2.24) is 4.90 Å². The molecule has 0 atom stereocenters. The van der Waals surface area contributed by atoms with Crippen molar-refractivity contribution >= 4 is 44.6 Å². The molecule has 1 aromatic carbocycles. The van der Waals surface area contributed by atoms with E-state index in [0.29, 0.717) is 17.8 Å². The molecule has 23 heavy (non-hydrogen) atoms. The van der Waals surface area contributed by atoms with Crippen molar-refractivity contribution in [2.45, 2.75) is 20.4 Å². The topological polar surface area (TPSA) is 49.4 Å². The monoisotopic (exact) mass is 394 g/mol. The first-order chi connectivity index (χ1) is 11.0. The van der Waals surface area contributed by atoms with Crippen LogP contribution in [0.15, 0.2) is 40.2 Å². The van der Waals surface area contributed by atoms with E-state index in [2.05, 4.69) is 32.2 Å². The fourth-order valence-electron chi connectivity index (χ4n) is 2.13. The number of likely N-dealkylation sites (N-methyl/N-ethyl adjacent to an activating group) is 1. The van der Waals surface area contributed by atoms with Crippen LogP contribution in [0.5, 0.6) is 0 Å². The van der Waals surface area contributed by atoms with Crippen LogP contribution in [0.2, 0.25) is 0 Å². The quantitative estimate of drug-likeness (QED) is 0.716. The first-order valence-electron chi connectivity index (χ1n) is 7.35. The lowest BCUT2D eigenvalue weighted by molar-refractivity contribution is -0.117. The number of hydrogen-bond donors (Lipinski definition) is 1. The van der Waals surface area contributed by atoms with Gasteiger partial charge in [0, 0.05) is 22.7 Å². The number of Topliss-reactive ketones (excluding diaryl/α,β-unsaturated/α-hetero) is 1. The Bertz CT molecular complexity index is 682. The molecule has 0 aliphatic rings. The van der Waals surface area contributed by atoms with Gasteiger partial charge in [-0.3, -0.25) is 14.5 Å². The molecular weight excluding hydrogens is 376 g/mol. The molecule has 0 saturated carbocycles. The summed E-state index contributed by atoms with van der Waals surface area (Å²) in [6, 6.07) is 11.0. The van der Waals surface area contributed by atoms with E-state index in [-0.39, 0.29) is 11.7 Å². The predicted octanol–water partition coefficient (Wildman–Crippen LogP) is 4.17. The van der Waals surface area contributed by atoms with Gasteiger partial charge < -0.3 is 5.32 Å². The van der Waals surface area contributed by atoms with Gasteiger partial charge in [-0.05, 0) is 65.8 Å². The number of anilines is 1.